The predicted molar refractivity (Wildman–Crippen MR) is 121 cm³/mol. The molecule has 0 unspecified atom stereocenters. The Hall–Kier alpha value is -0.214. The van der Waals surface area contributed by atoms with E-state index in [-0.39, 0.29) is 62.0 Å². The zero-order valence-corrected chi connectivity index (χ0v) is 23.1. The zero-order chi connectivity index (χ0) is 21.7. The summed E-state index contributed by atoms with van der Waals surface area (Å²) in [4.78, 5) is -0.285. The van der Waals surface area contributed by atoms with E-state index in [1.807, 2.05) is 24.3 Å². The van der Waals surface area contributed by atoms with Crippen LogP contribution in [0, 0.1) is 0 Å². The quantitative estimate of drug-likeness (QED) is 0.222. The van der Waals surface area contributed by atoms with Crippen molar-refractivity contribution in [2.24, 2.45) is 0 Å². The number of hydrogen-bond acceptors (Lipinski definition) is 4. The van der Waals surface area contributed by atoms with Gasteiger partial charge in [0.1, 0.15) is 21.6 Å². The van der Waals surface area contributed by atoms with Crippen molar-refractivity contribution in [1.82, 2.24) is 0 Å². The van der Waals surface area contributed by atoms with Gasteiger partial charge in [-0.1, -0.05) is 101 Å². The van der Waals surface area contributed by atoms with Crippen LogP contribution in [0.15, 0.2) is 53.4 Å². The number of unbranched alkanes of at least 4 members (excludes halogenated alkanes) is 10. The molecule has 0 aliphatic rings. The minimum absolute atomic E-state index is 0. The standard InChI is InChI=1S/C25H36O4S.K/c1-2-3-4-5-6-7-8-9-10-11-13-17-22-18-16-21-24(30(26,27)28)25(22)29-23-19-14-12-15-20-23;/h12,14-16,18-21H,2-11,13,17H2,1H3,(H,26,27,28);/q;+1/p-1. The van der Waals surface area contributed by atoms with Gasteiger partial charge in [0.2, 0.25) is 0 Å². The van der Waals surface area contributed by atoms with Gasteiger partial charge in [0, 0.05) is 0 Å². The third-order valence-corrected chi connectivity index (χ3v) is 6.20. The van der Waals surface area contributed by atoms with Crippen molar-refractivity contribution in [1.29, 1.82) is 0 Å². The van der Waals surface area contributed by atoms with Crippen LogP contribution in [0.1, 0.15) is 83.1 Å². The number of para-hydroxylation sites is 2. The summed E-state index contributed by atoms with van der Waals surface area (Å²) in [5.74, 6) is 0.694. The summed E-state index contributed by atoms with van der Waals surface area (Å²) in [6.07, 6.45) is 14.5. The van der Waals surface area contributed by atoms with Gasteiger partial charge in [-0.25, -0.2) is 8.42 Å². The molecule has 0 fully saturated rings. The summed E-state index contributed by atoms with van der Waals surface area (Å²) < 4.78 is 41.0. The molecule has 4 nitrogen and oxygen atoms in total. The molecular weight excluding hydrogens is 435 g/mol. The van der Waals surface area contributed by atoms with Crippen molar-refractivity contribution in [2.75, 3.05) is 0 Å². The minimum Gasteiger partial charge on any atom is -0.744 e. The van der Waals surface area contributed by atoms with Gasteiger partial charge in [-0.05, 0) is 36.6 Å². The maximum Gasteiger partial charge on any atom is 1.00 e. The normalized spacial score (nSPS) is 11.2. The van der Waals surface area contributed by atoms with Gasteiger partial charge in [0.05, 0.1) is 4.90 Å². The summed E-state index contributed by atoms with van der Waals surface area (Å²) in [5.41, 5.74) is 0.770. The monoisotopic (exact) mass is 470 g/mol. The predicted octanol–water partition coefficient (Wildman–Crippen LogP) is 4.24. The molecule has 0 saturated heterocycles. The molecule has 2 rings (SSSR count). The molecule has 0 N–H and O–H groups in total. The third-order valence-electron chi connectivity index (χ3n) is 5.34. The van der Waals surface area contributed by atoms with Crippen LogP contribution in [0.3, 0.4) is 0 Å². The van der Waals surface area contributed by atoms with Crippen LogP contribution in [0.4, 0.5) is 0 Å². The van der Waals surface area contributed by atoms with Gasteiger partial charge < -0.3 is 9.29 Å². The van der Waals surface area contributed by atoms with Crippen LogP contribution in [0.2, 0.25) is 0 Å². The Balaban J connectivity index is 0.00000480. The van der Waals surface area contributed by atoms with Crippen LogP contribution in [-0.4, -0.2) is 13.0 Å². The van der Waals surface area contributed by atoms with Crippen LogP contribution < -0.4 is 56.1 Å². The van der Waals surface area contributed by atoms with E-state index in [9.17, 15) is 13.0 Å². The molecule has 31 heavy (non-hydrogen) atoms. The molecule has 166 valence electrons. The van der Waals surface area contributed by atoms with E-state index in [0.29, 0.717) is 12.2 Å². The molecule has 0 aliphatic carbocycles. The van der Waals surface area contributed by atoms with Crippen molar-refractivity contribution in [3.63, 3.8) is 0 Å². The number of benzene rings is 2. The van der Waals surface area contributed by atoms with E-state index >= 15 is 0 Å². The number of ether oxygens (including phenoxy) is 1. The SMILES string of the molecule is CCCCCCCCCCCCCc1cccc(S(=O)(=O)[O-])c1Oc1ccccc1.[K+]. The third kappa shape index (κ3) is 11.5. The first-order valence-corrected chi connectivity index (χ1v) is 12.7. The van der Waals surface area contributed by atoms with Crippen LogP contribution in [0.25, 0.3) is 0 Å². The smallest absolute Gasteiger partial charge is 0.744 e. The van der Waals surface area contributed by atoms with Gasteiger partial charge in [0.15, 0.2) is 0 Å². The van der Waals surface area contributed by atoms with E-state index in [1.54, 1.807) is 18.2 Å². The summed E-state index contributed by atoms with van der Waals surface area (Å²) in [6, 6.07) is 13.8. The fraction of sp³-hybridized carbons (Fsp3) is 0.520. The van der Waals surface area contributed by atoms with E-state index < -0.39 is 10.1 Å². The first-order chi connectivity index (χ1) is 14.5. The molecular formula is C25H35KO4S. The van der Waals surface area contributed by atoms with Crippen molar-refractivity contribution in [2.45, 2.75) is 88.9 Å². The maximum atomic E-state index is 11.7. The van der Waals surface area contributed by atoms with Gasteiger partial charge in [-0.2, -0.15) is 0 Å². The number of rotatable bonds is 15. The molecule has 0 aliphatic heterocycles. The molecule has 0 saturated carbocycles. The van der Waals surface area contributed by atoms with Crippen LogP contribution in [-0.2, 0) is 16.5 Å². The Kier molecular flexibility index (Phi) is 15.3. The molecule has 0 aromatic heterocycles. The Morgan fingerprint density at radius 2 is 1.29 bits per heavy atom. The molecule has 0 bridgehead atoms. The van der Waals surface area contributed by atoms with E-state index in [4.69, 9.17) is 4.74 Å². The van der Waals surface area contributed by atoms with Crippen molar-refractivity contribution in [3.05, 3.63) is 54.1 Å². The summed E-state index contributed by atoms with van der Waals surface area (Å²) in [5, 5.41) is 0. The number of hydrogen-bond donors (Lipinski definition) is 0. The Labute approximate surface area is 231 Å². The molecule has 2 aromatic carbocycles. The first-order valence-electron chi connectivity index (χ1n) is 11.3. The second-order valence-corrected chi connectivity index (χ2v) is 9.25. The second kappa shape index (κ2) is 16.4. The van der Waals surface area contributed by atoms with Crippen molar-refractivity contribution in [3.8, 4) is 11.5 Å². The molecule has 6 heteroatoms. The molecule has 0 atom stereocenters. The van der Waals surface area contributed by atoms with E-state index in [1.165, 1.54) is 63.9 Å². The zero-order valence-electron chi connectivity index (χ0n) is 19.1. The molecule has 0 radical (unpaired) electrons. The fourth-order valence-corrected chi connectivity index (χ4v) is 4.30. The minimum atomic E-state index is -4.61. The topological polar surface area (TPSA) is 66.4 Å². The molecule has 0 spiro atoms. The second-order valence-electron chi connectivity index (χ2n) is 7.90. The van der Waals surface area contributed by atoms with Crippen molar-refractivity contribution >= 4 is 10.1 Å². The maximum absolute atomic E-state index is 11.7. The summed E-state index contributed by atoms with van der Waals surface area (Å²) in [7, 11) is -4.61. The van der Waals surface area contributed by atoms with Crippen molar-refractivity contribution < 1.29 is 69.1 Å². The van der Waals surface area contributed by atoms with E-state index in [0.717, 1.165) is 18.4 Å². The number of aryl methyl sites for hydroxylation is 1. The largest absolute Gasteiger partial charge is 1.00 e. The Morgan fingerprint density at radius 3 is 1.84 bits per heavy atom. The van der Waals surface area contributed by atoms with E-state index in [2.05, 4.69) is 6.92 Å². The summed E-state index contributed by atoms with van der Waals surface area (Å²) >= 11 is 0. The van der Waals surface area contributed by atoms with Gasteiger partial charge in [-0.3, -0.25) is 0 Å². The molecule has 0 heterocycles. The van der Waals surface area contributed by atoms with Crippen LogP contribution >= 0.6 is 0 Å². The molecule has 2 aromatic rings. The van der Waals surface area contributed by atoms with Gasteiger partial charge in [0.25, 0.3) is 0 Å². The average molecular weight is 471 g/mol. The summed E-state index contributed by atoms with van der Waals surface area (Å²) in [6.45, 7) is 2.24. The van der Waals surface area contributed by atoms with Gasteiger partial charge in [-0.15, -0.1) is 0 Å². The first kappa shape index (κ1) is 28.8. The average Bonchev–Trinajstić information content (AvgIpc) is 2.73. The molecule has 0 amide bonds. The van der Waals surface area contributed by atoms with Gasteiger partial charge >= 0.3 is 51.4 Å². The Bertz CT molecular complexity index is 838. The fourth-order valence-electron chi connectivity index (χ4n) is 3.66. The Morgan fingerprint density at radius 1 is 0.742 bits per heavy atom. The van der Waals surface area contributed by atoms with Crippen LogP contribution in [0.5, 0.6) is 11.5 Å².